The molecule has 0 saturated heterocycles. The summed E-state index contributed by atoms with van der Waals surface area (Å²) in [6, 6.07) is 0.205. The van der Waals surface area contributed by atoms with Gasteiger partial charge < -0.3 is 20.5 Å². The van der Waals surface area contributed by atoms with Gasteiger partial charge in [0.2, 0.25) is 0 Å². The molecule has 0 amide bonds. The van der Waals surface area contributed by atoms with E-state index in [9.17, 15) is 10.4 Å². The Kier molecular flexibility index (Phi) is 3.89. The summed E-state index contributed by atoms with van der Waals surface area (Å²) in [6.45, 7) is 2.04. The van der Waals surface area contributed by atoms with Crippen molar-refractivity contribution in [3.63, 3.8) is 0 Å². The molecule has 4 nitrogen and oxygen atoms in total. The summed E-state index contributed by atoms with van der Waals surface area (Å²) in [4.78, 5) is 0. The largest absolute Gasteiger partial charge is 0.634 e. The van der Waals surface area contributed by atoms with Crippen LogP contribution in [0.2, 0.25) is 0 Å². The average Bonchev–Trinajstić information content (AvgIpc) is 2.28. The second-order valence-corrected chi connectivity index (χ2v) is 4.86. The standard InChI is InChI=1S/C10H22N2O2/c1-10(12(3)14)7-4-5-9(6-8-10)11(2)13/h9,11-12H,4-8H2,1-3H3. The van der Waals surface area contributed by atoms with E-state index in [0.717, 1.165) is 32.1 Å². The van der Waals surface area contributed by atoms with E-state index in [4.69, 9.17) is 0 Å². The van der Waals surface area contributed by atoms with Crippen LogP contribution in [0, 0.1) is 10.4 Å². The van der Waals surface area contributed by atoms with Gasteiger partial charge in [-0.15, -0.1) is 0 Å². The maximum Gasteiger partial charge on any atom is 0.0945 e. The molecule has 4 heteroatoms. The first-order chi connectivity index (χ1) is 6.46. The number of hydrogen-bond donors (Lipinski definition) is 2. The lowest BCUT2D eigenvalue weighted by molar-refractivity contribution is -0.885. The average molecular weight is 202 g/mol. The molecule has 14 heavy (non-hydrogen) atoms. The number of hydrogen-bond acceptors (Lipinski definition) is 2. The highest BCUT2D eigenvalue weighted by Gasteiger charge is 2.33. The molecule has 0 spiro atoms. The highest BCUT2D eigenvalue weighted by molar-refractivity contribution is 4.79. The van der Waals surface area contributed by atoms with E-state index in [2.05, 4.69) is 0 Å². The molecule has 1 fully saturated rings. The van der Waals surface area contributed by atoms with Crippen molar-refractivity contribution in [1.29, 1.82) is 0 Å². The van der Waals surface area contributed by atoms with Crippen LogP contribution in [0.4, 0.5) is 0 Å². The normalized spacial score (nSPS) is 38.8. The van der Waals surface area contributed by atoms with Gasteiger partial charge in [0.15, 0.2) is 0 Å². The Labute approximate surface area is 86.0 Å². The smallest absolute Gasteiger partial charge is 0.0945 e. The van der Waals surface area contributed by atoms with Gasteiger partial charge in [-0.05, 0) is 19.8 Å². The summed E-state index contributed by atoms with van der Waals surface area (Å²) < 4.78 is 0. The van der Waals surface area contributed by atoms with Gasteiger partial charge in [0.1, 0.15) is 0 Å². The molecule has 0 aliphatic heterocycles. The number of nitrogens with one attached hydrogen (secondary N) is 2. The van der Waals surface area contributed by atoms with E-state index in [1.807, 2.05) is 6.92 Å². The third-order valence-corrected chi connectivity index (χ3v) is 3.75. The molecule has 0 heterocycles. The van der Waals surface area contributed by atoms with Crippen LogP contribution in [0.5, 0.6) is 0 Å². The molecule has 0 radical (unpaired) electrons. The van der Waals surface area contributed by atoms with Crippen molar-refractivity contribution in [1.82, 2.24) is 0 Å². The van der Waals surface area contributed by atoms with E-state index < -0.39 is 0 Å². The van der Waals surface area contributed by atoms with Gasteiger partial charge in [-0.25, -0.2) is 0 Å². The van der Waals surface area contributed by atoms with Crippen molar-refractivity contribution >= 4 is 0 Å². The molecule has 0 aromatic heterocycles. The topological polar surface area (TPSA) is 55.0 Å². The van der Waals surface area contributed by atoms with Gasteiger partial charge in [0, 0.05) is 19.3 Å². The van der Waals surface area contributed by atoms with E-state index in [1.54, 1.807) is 14.1 Å². The highest BCUT2D eigenvalue weighted by atomic mass is 16.5. The van der Waals surface area contributed by atoms with Crippen molar-refractivity contribution in [2.75, 3.05) is 14.1 Å². The van der Waals surface area contributed by atoms with E-state index in [1.165, 1.54) is 0 Å². The molecule has 0 aromatic rings. The molecule has 2 N–H and O–H groups in total. The minimum atomic E-state index is -0.163. The minimum absolute atomic E-state index is 0.163. The lowest BCUT2D eigenvalue weighted by Gasteiger charge is -2.37. The zero-order valence-electron chi connectivity index (χ0n) is 9.43. The van der Waals surface area contributed by atoms with Gasteiger partial charge in [0.25, 0.3) is 0 Å². The van der Waals surface area contributed by atoms with Gasteiger partial charge in [-0.2, -0.15) is 0 Å². The van der Waals surface area contributed by atoms with Crippen LogP contribution in [0.15, 0.2) is 0 Å². The van der Waals surface area contributed by atoms with Gasteiger partial charge in [0.05, 0.1) is 25.7 Å². The summed E-state index contributed by atoms with van der Waals surface area (Å²) in [6.07, 6.45) is 4.71. The Hall–Kier alpha value is -0.160. The first-order valence-corrected chi connectivity index (χ1v) is 5.47. The lowest BCUT2D eigenvalue weighted by Crippen LogP contribution is -3.13. The molecule has 1 aliphatic carbocycles. The summed E-state index contributed by atoms with van der Waals surface area (Å²) >= 11 is 0. The highest BCUT2D eigenvalue weighted by Crippen LogP contribution is 2.23. The van der Waals surface area contributed by atoms with E-state index in [0.29, 0.717) is 0 Å². The van der Waals surface area contributed by atoms with Crippen molar-refractivity contribution < 1.29 is 10.1 Å². The summed E-state index contributed by atoms with van der Waals surface area (Å²) in [7, 11) is 3.34. The minimum Gasteiger partial charge on any atom is -0.634 e. The lowest BCUT2D eigenvalue weighted by atomic mass is 9.92. The third-order valence-electron chi connectivity index (χ3n) is 3.75. The van der Waals surface area contributed by atoms with Crippen LogP contribution >= 0.6 is 0 Å². The Morgan fingerprint density at radius 3 is 2.29 bits per heavy atom. The van der Waals surface area contributed by atoms with Crippen LogP contribution in [0.25, 0.3) is 0 Å². The van der Waals surface area contributed by atoms with Gasteiger partial charge in [-0.3, -0.25) is 0 Å². The zero-order chi connectivity index (χ0) is 10.8. The molecular weight excluding hydrogens is 180 g/mol. The first-order valence-electron chi connectivity index (χ1n) is 5.47. The van der Waals surface area contributed by atoms with Crippen molar-refractivity contribution in [2.45, 2.75) is 50.6 Å². The number of rotatable bonds is 2. The molecular formula is C10H22N2O2. The monoisotopic (exact) mass is 202 g/mol. The molecule has 1 saturated carbocycles. The third kappa shape index (κ3) is 2.67. The molecule has 1 aliphatic rings. The predicted octanol–water partition coefficient (Wildman–Crippen LogP) is -0.897. The quantitative estimate of drug-likeness (QED) is 0.450. The summed E-state index contributed by atoms with van der Waals surface area (Å²) in [5, 5.41) is 23.3. The Morgan fingerprint density at radius 2 is 1.79 bits per heavy atom. The van der Waals surface area contributed by atoms with Gasteiger partial charge >= 0.3 is 0 Å². The fourth-order valence-electron chi connectivity index (χ4n) is 2.26. The van der Waals surface area contributed by atoms with Crippen LogP contribution in [0.3, 0.4) is 0 Å². The molecule has 4 atom stereocenters. The van der Waals surface area contributed by atoms with Gasteiger partial charge in [-0.1, -0.05) is 0 Å². The molecule has 0 aromatic carbocycles. The van der Waals surface area contributed by atoms with Crippen LogP contribution in [-0.4, -0.2) is 25.7 Å². The van der Waals surface area contributed by atoms with Crippen molar-refractivity contribution in [3.8, 4) is 0 Å². The molecule has 84 valence electrons. The Balaban J connectivity index is 2.56. The fraction of sp³-hybridized carbons (Fsp3) is 1.00. The summed E-state index contributed by atoms with van der Waals surface area (Å²) in [5.41, 5.74) is -0.163. The van der Waals surface area contributed by atoms with Crippen LogP contribution in [0.1, 0.15) is 39.0 Å². The Bertz CT molecular complexity index is 185. The summed E-state index contributed by atoms with van der Waals surface area (Å²) in [5.74, 6) is 0. The molecule has 4 unspecified atom stereocenters. The molecule has 0 bridgehead atoms. The van der Waals surface area contributed by atoms with E-state index >= 15 is 0 Å². The van der Waals surface area contributed by atoms with Crippen molar-refractivity contribution in [3.05, 3.63) is 10.4 Å². The SMILES string of the molecule is C[NH+]([O-])C1CCCC(C)([NH+](C)[O-])CC1. The zero-order valence-corrected chi connectivity index (χ0v) is 9.43. The van der Waals surface area contributed by atoms with Crippen LogP contribution in [-0.2, 0) is 0 Å². The maximum absolute atomic E-state index is 11.5. The predicted molar refractivity (Wildman–Crippen MR) is 55.8 cm³/mol. The van der Waals surface area contributed by atoms with Crippen LogP contribution < -0.4 is 10.1 Å². The second kappa shape index (κ2) is 4.57. The fourth-order valence-corrected chi connectivity index (χ4v) is 2.26. The Morgan fingerprint density at radius 1 is 1.14 bits per heavy atom. The number of quaternary nitrogens is 2. The number of hydroxylamine groups is 4. The van der Waals surface area contributed by atoms with Crippen molar-refractivity contribution in [2.24, 2.45) is 0 Å². The molecule has 1 rings (SSSR count). The van der Waals surface area contributed by atoms with E-state index in [-0.39, 0.29) is 21.7 Å². The second-order valence-electron chi connectivity index (χ2n) is 4.86. The first kappa shape index (κ1) is 11.9. The maximum atomic E-state index is 11.5.